The van der Waals surface area contributed by atoms with E-state index in [2.05, 4.69) is 21.9 Å². The Morgan fingerprint density at radius 1 is 1.40 bits per heavy atom. The van der Waals surface area contributed by atoms with Crippen molar-refractivity contribution in [1.29, 1.82) is 0 Å². The lowest BCUT2D eigenvalue weighted by atomic mass is 10.2. The Kier molecular flexibility index (Phi) is 8.14. The molecule has 1 aliphatic heterocycles. The van der Waals surface area contributed by atoms with Gasteiger partial charge in [0.15, 0.2) is 0 Å². The predicted molar refractivity (Wildman–Crippen MR) is 100 cm³/mol. The molecule has 0 radical (unpaired) electrons. The van der Waals surface area contributed by atoms with Crippen molar-refractivity contribution in [3.05, 3.63) is 18.2 Å². The van der Waals surface area contributed by atoms with E-state index < -0.39 is 10.0 Å². The van der Waals surface area contributed by atoms with Crippen LogP contribution >= 0.6 is 12.4 Å². The van der Waals surface area contributed by atoms with E-state index in [4.69, 9.17) is 4.74 Å². The zero-order valence-corrected chi connectivity index (χ0v) is 16.4. The zero-order valence-electron chi connectivity index (χ0n) is 14.7. The fourth-order valence-electron chi connectivity index (χ4n) is 2.96. The zero-order chi connectivity index (χ0) is 17.7. The Morgan fingerprint density at radius 3 is 2.72 bits per heavy atom. The number of benzene rings is 1. The van der Waals surface area contributed by atoms with Crippen LogP contribution in [0.1, 0.15) is 26.7 Å². The molecular weight excluding hydrogens is 366 g/mol. The Balaban J connectivity index is 0.00000312. The quantitative estimate of drug-likeness (QED) is 0.740. The Morgan fingerprint density at radius 2 is 2.12 bits per heavy atom. The van der Waals surface area contributed by atoms with Gasteiger partial charge in [0.25, 0.3) is 0 Å². The van der Waals surface area contributed by atoms with Gasteiger partial charge in [-0.15, -0.1) is 12.4 Å². The number of carbonyl (C=O) groups excluding carboxylic acids is 1. The summed E-state index contributed by atoms with van der Waals surface area (Å²) in [5, 5.41) is 2.61. The molecule has 25 heavy (non-hydrogen) atoms. The van der Waals surface area contributed by atoms with Crippen LogP contribution in [0.2, 0.25) is 0 Å². The topological polar surface area (TPSA) is 87.7 Å². The normalized spacial score (nSPS) is 17.8. The molecule has 1 fully saturated rings. The molecule has 7 nitrogen and oxygen atoms in total. The highest BCUT2D eigenvalue weighted by molar-refractivity contribution is 7.89. The van der Waals surface area contributed by atoms with Crippen LogP contribution in [0.4, 0.5) is 5.69 Å². The highest BCUT2D eigenvalue weighted by Gasteiger charge is 2.25. The molecule has 0 aliphatic carbocycles. The van der Waals surface area contributed by atoms with Crippen LogP contribution in [-0.2, 0) is 14.8 Å². The third kappa shape index (κ3) is 5.57. The molecule has 1 aromatic rings. The third-order valence-corrected chi connectivity index (χ3v) is 5.63. The average molecular weight is 392 g/mol. The highest BCUT2D eigenvalue weighted by Crippen LogP contribution is 2.27. The smallest absolute Gasteiger partial charge is 0.240 e. The van der Waals surface area contributed by atoms with Gasteiger partial charge in [-0.3, -0.25) is 9.69 Å². The molecule has 0 aromatic heterocycles. The lowest BCUT2D eigenvalue weighted by Gasteiger charge is -2.23. The van der Waals surface area contributed by atoms with Gasteiger partial charge in [-0.05, 0) is 38.1 Å². The summed E-state index contributed by atoms with van der Waals surface area (Å²) in [6, 6.07) is 4.65. The van der Waals surface area contributed by atoms with Crippen LogP contribution in [0, 0.1) is 0 Å². The van der Waals surface area contributed by atoms with E-state index in [1.165, 1.54) is 32.2 Å². The second-order valence-electron chi connectivity index (χ2n) is 5.82. The molecule has 1 heterocycles. The molecule has 1 amide bonds. The number of hydrogen-bond donors (Lipinski definition) is 2. The maximum Gasteiger partial charge on any atom is 0.240 e. The van der Waals surface area contributed by atoms with Gasteiger partial charge in [-0.1, -0.05) is 6.92 Å². The van der Waals surface area contributed by atoms with Gasteiger partial charge in [0.1, 0.15) is 5.75 Å². The summed E-state index contributed by atoms with van der Waals surface area (Å²) in [6.45, 7) is 5.80. The lowest BCUT2D eigenvalue weighted by Crippen LogP contribution is -2.39. The minimum Gasteiger partial charge on any atom is -0.495 e. The molecule has 1 aromatic carbocycles. The van der Waals surface area contributed by atoms with Crippen LogP contribution in [0.3, 0.4) is 0 Å². The fourth-order valence-corrected chi connectivity index (χ4v) is 4.05. The Labute approximate surface area is 155 Å². The highest BCUT2D eigenvalue weighted by atomic mass is 35.5. The molecule has 2 N–H and O–H groups in total. The third-order valence-electron chi connectivity index (χ3n) is 4.21. The minimum absolute atomic E-state index is 0. The number of nitrogens with zero attached hydrogens (tertiary/aromatic N) is 1. The SMILES string of the molecule is CCN1CCCC1CNS(=O)(=O)c1ccc(NC(C)=O)c(OC)c1.Cl. The van der Waals surface area contributed by atoms with E-state index in [9.17, 15) is 13.2 Å². The number of rotatable bonds is 7. The maximum absolute atomic E-state index is 12.5. The first-order valence-corrected chi connectivity index (χ1v) is 9.55. The summed E-state index contributed by atoms with van der Waals surface area (Å²) in [5.41, 5.74) is 0.442. The van der Waals surface area contributed by atoms with Crippen molar-refractivity contribution in [1.82, 2.24) is 9.62 Å². The number of halogens is 1. The van der Waals surface area contributed by atoms with Crippen LogP contribution in [0.15, 0.2) is 23.1 Å². The van der Waals surface area contributed by atoms with Crippen molar-refractivity contribution in [2.75, 3.05) is 32.1 Å². The van der Waals surface area contributed by atoms with E-state index in [-0.39, 0.29) is 29.3 Å². The summed E-state index contributed by atoms with van der Waals surface area (Å²) in [4.78, 5) is 13.6. The fraction of sp³-hybridized carbons (Fsp3) is 0.562. The van der Waals surface area contributed by atoms with Crippen molar-refractivity contribution in [2.24, 2.45) is 0 Å². The molecule has 0 bridgehead atoms. The average Bonchev–Trinajstić information content (AvgIpc) is 3.00. The van der Waals surface area contributed by atoms with Gasteiger partial charge < -0.3 is 10.1 Å². The molecule has 142 valence electrons. The first-order chi connectivity index (χ1) is 11.4. The lowest BCUT2D eigenvalue weighted by molar-refractivity contribution is -0.114. The summed E-state index contributed by atoms with van der Waals surface area (Å²) < 4.78 is 32.9. The van der Waals surface area contributed by atoms with E-state index in [1.54, 1.807) is 0 Å². The maximum atomic E-state index is 12.5. The van der Waals surface area contributed by atoms with Gasteiger partial charge in [0.2, 0.25) is 15.9 Å². The predicted octanol–water partition coefficient (Wildman–Crippen LogP) is 1.84. The van der Waals surface area contributed by atoms with Crippen molar-refractivity contribution in [3.8, 4) is 5.75 Å². The van der Waals surface area contributed by atoms with Gasteiger partial charge in [0, 0.05) is 25.6 Å². The summed E-state index contributed by atoms with van der Waals surface area (Å²) >= 11 is 0. The van der Waals surface area contributed by atoms with Crippen molar-refractivity contribution >= 4 is 34.0 Å². The van der Waals surface area contributed by atoms with Crippen LogP contribution in [-0.4, -0.2) is 52.0 Å². The van der Waals surface area contributed by atoms with Crippen molar-refractivity contribution in [3.63, 3.8) is 0 Å². The molecule has 0 saturated carbocycles. The minimum atomic E-state index is -3.63. The number of likely N-dealkylation sites (N-methyl/N-ethyl adjacent to an activating group) is 1. The number of methoxy groups -OCH3 is 1. The summed E-state index contributed by atoms with van der Waals surface area (Å²) in [7, 11) is -2.19. The van der Waals surface area contributed by atoms with Crippen LogP contribution in [0.5, 0.6) is 5.75 Å². The number of ether oxygens (including phenoxy) is 1. The summed E-state index contributed by atoms with van der Waals surface area (Å²) in [5.74, 6) is 0.0621. The van der Waals surface area contributed by atoms with E-state index in [0.717, 1.165) is 25.9 Å². The number of anilines is 1. The number of sulfonamides is 1. The molecular formula is C16H26ClN3O4S. The number of amides is 1. The van der Waals surface area contributed by atoms with Gasteiger partial charge >= 0.3 is 0 Å². The molecule has 1 unspecified atom stereocenters. The van der Waals surface area contributed by atoms with Gasteiger partial charge in [-0.2, -0.15) is 0 Å². The Bertz CT molecular complexity index is 697. The first kappa shape index (κ1) is 21.7. The molecule has 1 aliphatic rings. The van der Waals surface area contributed by atoms with Crippen molar-refractivity contribution < 1.29 is 17.9 Å². The van der Waals surface area contributed by atoms with Crippen LogP contribution in [0.25, 0.3) is 0 Å². The second-order valence-corrected chi connectivity index (χ2v) is 7.59. The second kappa shape index (κ2) is 9.38. The van der Waals surface area contributed by atoms with Crippen LogP contribution < -0.4 is 14.8 Å². The van der Waals surface area contributed by atoms with Crippen molar-refractivity contribution in [2.45, 2.75) is 37.6 Å². The molecule has 0 spiro atoms. The van der Waals surface area contributed by atoms with Gasteiger partial charge in [-0.25, -0.2) is 13.1 Å². The number of carbonyl (C=O) groups is 1. The molecule has 9 heteroatoms. The summed E-state index contributed by atoms with van der Waals surface area (Å²) in [6.07, 6.45) is 2.10. The monoisotopic (exact) mass is 391 g/mol. The molecule has 1 saturated heterocycles. The van der Waals surface area contributed by atoms with Gasteiger partial charge in [0.05, 0.1) is 17.7 Å². The number of hydrogen-bond acceptors (Lipinski definition) is 5. The largest absolute Gasteiger partial charge is 0.495 e. The standard InChI is InChI=1S/C16H25N3O4S.ClH/c1-4-19-9-5-6-13(19)11-17-24(21,22)14-7-8-15(18-12(2)20)16(10-14)23-3;/h7-8,10,13,17H,4-6,9,11H2,1-3H3,(H,18,20);1H. The molecule has 2 rings (SSSR count). The Hall–Kier alpha value is -1.35. The first-order valence-electron chi connectivity index (χ1n) is 8.06. The number of likely N-dealkylation sites (tertiary alicyclic amines) is 1. The van der Waals surface area contributed by atoms with E-state index in [0.29, 0.717) is 18.0 Å². The van der Waals surface area contributed by atoms with E-state index >= 15 is 0 Å². The molecule has 1 atom stereocenters. The van der Waals surface area contributed by atoms with E-state index in [1.807, 2.05) is 0 Å². The number of nitrogens with one attached hydrogen (secondary N) is 2.